The molecular formula is C22H26F4N4O2. The third-order valence-electron chi connectivity index (χ3n) is 5.29. The number of hydrogen-bond donors (Lipinski definition) is 2. The number of carbonyl (C=O) groups excluding carboxylic acids is 1. The highest BCUT2D eigenvalue weighted by Crippen LogP contribution is 2.33. The van der Waals surface area contributed by atoms with Crippen LogP contribution in [0.25, 0.3) is 0 Å². The minimum absolute atomic E-state index is 0.0294. The summed E-state index contributed by atoms with van der Waals surface area (Å²) >= 11 is 0. The zero-order valence-corrected chi connectivity index (χ0v) is 17.9. The molecule has 6 nitrogen and oxygen atoms in total. The zero-order valence-electron chi connectivity index (χ0n) is 17.9. The van der Waals surface area contributed by atoms with Gasteiger partial charge in [0.2, 0.25) is 0 Å². The lowest BCUT2D eigenvalue weighted by atomic mass is 10.0. The summed E-state index contributed by atoms with van der Waals surface area (Å²) in [5.41, 5.74) is 0.506. The first-order valence-corrected chi connectivity index (χ1v) is 10.4. The Morgan fingerprint density at radius 2 is 2.06 bits per heavy atom. The van der Waals surface area contributed by atoms with E-state index in [1.54, 1.807) is 11.1 Å². The molecule has 0 bridgehead atoms. The molecular weight excluding hydrogens is 428 g/mol. The van der Waals surface area contributed by atoms with Gasteiger partial charge in [0.05, 0.1) is 23.8 Å². The molecule has 1 atom stereocenters. The third kappa shape index (κ3) is 5.73. The van der Waals surface area contributed by atoms with Crippen molar-refractivity contribution in [2.24, 2.45) is 5.92 Å². The Hall–Kier alpha value is -2.75. The highest BCUT2D eigenvalue weighted by molar-refractivity contribution is 5.75. The van der Waals surface area contributed by atoms with Crippen LogP contribution in [0.1, 0.15) is 54.5 Å². The van der Waals surface area contributed by atoms with Crippen LogP contribution in [0.3, 0.4) is 0 Å². The van der Waals surface area contributed by atoms with Crippen LogP contribution in [0, 0.1) is 11.7 Å². The fourth-order valence-electron chi connectivity index (χ4n) is 3.65. The van der Waals surface area contributed by atoms with Crippen molar-refractivity contribution in [3.63, 3.8) is 0 Å². The number of fused-ring (bicyclic) bond motifs is 1. The summed E-state index contributed by atoms with van der Waals surface area (Å²) in [6, 6.07) is 1.21. The van der Waals surface area contributed by atoms with Gasteiger partial charge in [0.25, 0.3) is 0 Å². The van der Waals surface area contributed by atoms with E-state index in [1.165, 1.54) is 0 Å². The van der Waals surface area contributed by atoms with Crippen LogP contribution in [0.2, 0.25) is 0 Å². The molecule has 0 fully saturated rings. The lowest BCUT2D eigenvalue weighted by molar-refractivity contribution is -0.140. The first-order valence-electron chi connectivity index (χ1n) is 10.4. The normalized spacial score (nSPS) is 14.9. The minimum atomic E-state index is -4.81. The van der Waals surface area contributed by atoms with Gasteiger partial charge in [0, 0.05) is 25.8 Å². The summed E-state index contributed by atoms with van der Waals surface area (Å²) in [6.45, 7) is 4.48. The van der Waals surface area contributed by atoms with E-state index in [4.69, 9.17) is 0 Å². The lowest BCUT2D eigenvalue weighted by Gasteiger charge is -2.30. The number of benzene rings is 1. The topological polar surface area (TPSA) is 78.4 Å². The number of carbonyl (C=O) groups is 1. The van der Waals surface area contributed by atoms with E-state index in [-0.39, 0.29) is 25.1 Å². The van der Waals surface area contributed by atoms with Gasteiger partial charge >= 0.3 is 12.2 Å². The number of amides is 2. The van der Waals surface area contributed by atoms with E-state index >= 15 is 0 Å². The van der Waals surface area contributed by atoms with E-state index in [1.807, 2.05) is 0 Å². The molecule has 0 radical (unpaired) electrons. The largest absolute Gasteiger partial charge is 0.419 e. The van der Waals surface area contributed by atoms with Crippen LogP contribution in [0.15, 0.2) is 24.4 Å². The van der Waals surface area contributed by atoms with Crippen LogP contribution in [-0.2, 0) is 25.6 Å². The molecule has 1 aliphatic rings. The Kier molecular flexibility index (Phi) is 7.33. The number of urea groups is 1. The molecule has 0 unspecified atom stereocenters. The summed E-state index contributed by atoms with van der Waals surface area (Å²) in [6.07, 6.45) is -1.70. The van der Waals surface area contributed by atoms with Gasteiger partial charge in [-0.3, -0.25) is 0 Å². The molecule has 0 spiro atoms. The van der Waals surface area contributed by atoms with Crippen molar-refractivity contribution in [1.29, 1.82) is 0 Å². The van der Waals surface area contributed by atoms with E-state index in [0.29, 0.717) is 30.8 Å². The number of hydrogen-bond acceptors (Lipinski definition) is 4. The van der Waals surface area contributed by atoms with Gasteiger partial charge in [-0.25, -0.2) is 19.2 Å². The summed E-state index contributed by atoms with van der Waals surface area (Å²) in [5, 5.41) is 12.1. The summed E-state index contributed by atoms with van der Waals surface area (Å²) < 4.78 is 52.5. The highest BCUT2D eigenvalue weighted by Gasteiger charge is 2.34. The maximum atomic E-state index is 14.0. The average Bonchev–Trinajstić information content (AvgIpc) is 2.71. The monoisotopic (exact) mass is 454 g/mol. The van der Waals surface area contributed by atoms with Gasteiger partial charge in [-0.1, -0.05) is 19.9 Å². The quantitative estimate of drug-likeness (QED) is 0.647. The van der Waals surface area contributed by atoms with E-state index in [2.05, 4.69) is 29.1 Å². The van der Waals surface area contributed by atoms with Crippen molar-refractivity contribution in [1.82, 2.24) is 20.2 Å². The molecule has 32 heavy (non-hydrogen) atoms. The fraction of sp³-hybridized carbons (Fsp3) is 0.500. The van der Waals surface area contributed by atoms with Crippen LogP contribution in [0.4, 0.5) is 22.4 Å². The number of nitrogens with one attached hydrogen (secondary N) is 1. The maximum Gasteiger partial charge on any atom is 0.419 e. The van der Waals surface area contributed by atoms with Crippen molar-refractivity contribution in [3.8, 4) is 0 Å². The van der Waals surface area contributed by atoms with E-state index < -0.39 is 29.6 Å². The number of aliphatic hydroxyl groups excluding tert-OH is 1. The predicted molar refractivity (Wildman–Crippen MR) is 109 cm³/mol. The number of halogens is 4. The molecule has 2 aromatic rings. The Balaban J connectivity index is 1.74. The molecule has 174 valence electrons. The van der Waals surface area contributed by atoms with Crippen LogP contribution in [0.5, 0.6) is 0 Å². The van der Waals surface area contributed by atoms with Gasteiger partial charge in [-0.15, -0.1) is 0 Å². The fourth-order valence-corrected chi connectivity index (χ4v) is 3.65. The van der Waals surface area contributed by atoms with Gasteiger partial charge in [0.15, 0.2) is 0 Å². The number of rotatable bonds is 6. The Morgan fingerprint density at radius 3 is 2.69 bits per heavy atom. The summed E-state index contributed by atoms with van der Waals surface area (Å²) in [5.74, 6) is -0.327. The van der Waals surface area contributed by atoms with Crippen molar-refractivity contribution in [3.05, 3.63) is 58.4 Å². The average molecular weight is 454 g/mol. The van der Waals surface area contributed by atoms with E-state index in [9.17, 15) is 27.5 Å². The predicted octanol–water partition coefficient (Wildman–Crippen LogP) is 4.02. The maximum absolute atomic E-state index is 14.0. The second-order valence-electron chi connectivity index (χ2n) is 8.28. The van der Waals surface area contributed by atoms with E-state index in [0.717, 1.165) is 29.8 Å². The first-order chi connectivity index (χ1) is 15.1. The molecule has 0 saturated carbocycles. The molecule has 10 heteroatoms. The summed E-state index contributed by atoms with van der Waals surface area (Å²) in [4.78, 5) is 23.3. The zero-order chi connectivity index (χ0) is 23.5. The standard InChI is InChI=1S/C22H26F4N4O2/c1-13(2)9-20-27-11-15-5-7-30(12-19(15)28-20)21(32)29-18(6-8-31)14-3-4-16(17(23)10-14)22(24,25)26/h3-4,10-11,13,18,31H,5-9,12H2,1-2H3,(H,29,32)/t18-/m0/s1. The van der Waals surface area contributed by atoms with Gasteiger partial charge in [-0.2, -0.15) is 13.2 Å². The Morgan fingerprint density at radius 1 is 1.31 bits per heavy atom. The van der Waals surface area contributed by atoms with Crippen molar-refractivity contribution < 1.29 is 27.5 Å². The van der Waals surface area contributed by atoms with Gasteiger partial charge in [0.1, 0.15) is 11.6 Å². The van der Waals surface area contributed by atoms with Crippen LogP contribution >= 0.6 is 0 Å². The number of aromatic nitrogens is 2. The molecule has 2 amide bonds. The first kappa shape index (κ1) is 23.9. The lowest BCUT2D eigenvalue weighted by Crippen LogP contribution is -2.44. The summed E-state index contributed by atoms with van der Waals surface area (Å²) in [7, 11) is 0. The highest BCUT2D eigenvalue weighted by atomic mass is 19.4. The molecule has 2 heterocycles. The van der Waals surface area contributed by atoms with Crippen molar-refractivity contribution >= 4 is 6.03 Å². The minimum Gasteiger partial charge on any atom is -0.396 e. The Labute approximate surface area is 183 Å². The van der Waals surface area contributed by atoms with Crippen LogP contribution < -0.4 is 5.32 Å². The smallest absolute Gasteiger partial charge is 0.396 e. The number of aliphatic hydroxyl groups is 1. The second-order valence-corrected chi connectivity index (χ2v) is 8.28. The van der Waals surface area contributed by atoms with Crippen molar-refractivity contribution in [2.75, 3.05) is 13.2 Å². The molecule has 3 rings (SSSR count). The van der Waals surface area contributed by atoms with Gasteiger partial charge < -0.3 is 15.3 Å². The molecule has 1 aromatic heterocycles. The molecule has 1 aliphatic heterocycles. The second kappa shape index (κ2) is 9.81. The number of nitrogens with zero attached hydrogens (tertiary/aromatic N) is 3. The SMILES string of the molecule is CC(C)Cc1ncc2c(n1)CN(C(=O)N[C@@H](CCO)c1ccc(C(F)(F)F)c(F)c1)CC2. The van der Waals surface area contributed by atoms with Crippen molar-refractivity contribution in [2.45, 2.75) is 51.9 Å². The third-order valence-corrected chi connectivity index (χ3v) is 5.29. The Bertz CT molecular complexity index is 965. The van der Waals surface area contributed by atoms with Gasteiger partial charge in [-0.05, 0) is 42.0 Å². The molecule has 0 saturated heterocycles. The van der Waals surface area contributed by atoms with Crippen LogP contribution in [-0.4, -0.2) is 39.2 Å². The number of alkyl halides is 3. The molecule has 0 aliphatic carbocycles. The molecule has 1 aromatic carbocycles. The molecule has 2 N–H and O–H groups in total.